The Morgan fingerprint density at radius 3 is 2.67 bits per heavy atom. The number of benzene rings is 2. The summed E-state index contributed by atoms with van der Waals surface area (Å²) in [6, 6.07) is 18.1. The molecule has 0 aliphatic heterocycles. The van der Waals surface area contributed by atoms with E-state index >= 15 is 0 Å². The molecule has 0 heterocycles. The highest BCUT2D eigenvalue weighted by molar-refractivity contribution is 5.40. The van der Waals surface area contributed by atoms with E-state index in [1.165, 1.54) is 24.0 Å². The molecule has 108 valence electrons. The molecule has 0 spiro atoms. The molecule has 1 nitrogen and oxygen atoms in total. The van der Waals surface area contributed by atoms with Crippen LogP contribution in [0.2, 0.25) is 0 Å². The van der Waals surface area contributed by atoms with Crippen molar-refractivity contribution in [3.63, 3.8) is 0 Å². The summed E-state index contributed by atoms with van der Waals surface area (Å²) < 4.78 is 0. The molecule has 21 heavy (non-hydrogen) atoms. The minimum absolute atomic E-state index is 0.300. The van der Waals surface area contributed by atoms with E-state index in [0.717, 1.165) is 18.3 Å². The maximum atomic E-state index is 6.57. The van der Waals surface area contributed by atoms with Crippen LogP contribution in [0.1, 0.15) is 34.6 Å². The molecule has 2 aromatic carbocycles. The van der Waals surface area contributed by atoms with Gasteiger partial charge in [-0.25, -0.2) is 0 Å². The van der Waals surface area contributed by atoms with Gasteiger partial charge in [0.2, 0.25) is 0 Å². The van der Waals surface area contributed by atoms with Crippen molar-refractivity contribution in [1.29, 1.82) is 0 Å². The Morgan fingerprint density at radius 1 is 1.10 bits per heavy atom. The molecule has 1 fully saturated rings. The van der Waals surface area contributed by atoms with Crippen LogP contribution in [0.5, 0.6) is 0 Å². The lowest BCUT2D eigenvalue weighted by atomic mass is 9.92. The minimum atomic E-state index is 0.300. The SMILES string of the molecule is Cc1ccc(CC(N)C2C3CCc4ccccc4C32)cc1. The zero-order valence-electron chi connectivity index (χ0n) is 12.6. The number of hydrogen-bond donors (Lipinski definition) is 1. The second-order valence-corrected chi connectivity index (χ2v) is 6.86. The van der Waals surface area contributed by atoms with Gasteiger partial charge in [0.1, 0.15) is 0 Å². The summed E-state index contributed by atoms with van der Waals surface area (Å²) in [5, 5.41) is 0. The summed E-state index contributed by atoms with van der Waals surface area (Å²) >= 11 is 0. The van der Waals surface area contributed by atoms with Crippen molar-refractivity contribution in [3.8, 4) is 0 Å². The molecule has 0 radical (unpaired) electrons. The molecule has 0 bridgehead atoms. The molecular formula is C20H23N. The first kappa shape index (κ1) is 13.1. The molecule has 0 aromatic heterocycles. The second kappa shape index (κ2) is 4.99. The third-order valence-electron chi connectivity index (χ3n) is 5.48. The van der Waals surface area contributed by atoms with Crippen molar-refractivity contribution >= 4 is 0 Å². The first-order chi connectivity index (χ1) is 10.2. The van der Waals surface area contributed by atoms with Gasteiger partial charge in [0.15, 0.2) is 0 Å². The van der Waals surface area contributed by atoms with Gasteiger partial charge in [0, 0.05) is 6.04 Å². The predicted octanol–water partition coefficient (Wildman–Crippen LogP) is 3.84. The summed E-state index contributed by atoms with van der Waals surface area (Å²) in [5.74, 6) is 2.26. The monoisotopic (exact) mass is 277 g/mol. The normalized spacial score (nSPS) is 27.6. The Morgan fingerprint density at radius 2 is 1.86 bits per heavy atom. The van der Waals surface area contributed by atoms with Crippen molar-refractivity contribution in [1.82, 2.24) is 0 Å². The Bertz CT molecular complexity index is 643. The first-order valence-electron chi connectivity index (χ1n) is 8.13. The quantitative estimate of drug-likeness (QED) is 0.906. The van der Waals surface area contributed by atoms with Crippen LogP contribution in [0.4, 0.5) is 0 Å². The van der Waals surface area contributed by atoms with E-state index in [2.05, 4.69) is 55.5 Å². The topological polar surface area (TPSA) is 26.0 Å². The van der Waals surface area contributed by atoms with E-state index in [1.807, 2.05) is 0 Å². The van der Waals surface area contributed by atoms with Crippen LogP contribution in [-0.4, -0.2) is 6.04 Å². The second-order valence-electron chi connectivity index (χ2n) is 6.86. The summed E-state index contributed by atoms with van der Waals surface area (Å²) in [5.41, 5.74) is 12.4. The minimum Gasteiger partial charge on any atom is -0.327 e. The number of rotatable bonds is 3. The molecule has 1 heteroatoms. The van der Waals surface area contributed by atoms with Gasteiger partial charge in [0.05, 0.1) is 0 Å². The number of fused-ring (bicyclic) bond motifs is 3. The van der Waals surface area contributed by atoms with E-state index in [1.54, 1.807) is 11.1 Å². The van der Waals surface area contributed by atoms with Crippen molar-refractivity contribution < 1.29 is 0 Å². The Balaban J connectivity index is 1.50. The maximum Gasteiger partial charge on any atom is 0.0117 e. The van der Waals surface area contributed by atoms with Gasteiger partial charge < -0.3 is 5.73 Å². The van der Waals surface area contributed by atoms with E-state index < -0.39 is 0 Å². The lowest BCUT2D eigenvalue weighted by Gasteiger charge is -2.13. The number of aryl methyl sites for hydroxylation is 2. The van der Waals surface area contributed by atoms with Gasteiger partial charge >= 0.3 is 0 Å². The summed E-state index contributed by atoms with van der Waals surface area (Å²) in [6.45, 7) is 2.14. The van der Waals surface area contributed by atoms with E-state index in [4.69, 9.17) is 5.73 Å². The molecule has 2 aromatic rings. The fourth-order valence-electron chi connectivity index (χ4n) is 4.34. The third kappa shape index (κ3) is 2.30. The maximum absolute atomic E-state index is 6.57. The Kier molecular flexibility index (Phi) is 3.11. The Hall–Kier alpha value is -1.60. The van der Waals surface area contributed by atoms with Gasteiger partial charge in [-0.1, -0.05) is 54.1 Å². The molecule has 4 rings (SSSR count). The van der Waals surface area contributed by atoms with Gasteiger partial charge in [-0.05, 0) is 60.6 Å². The van der Waals surface area contributed by atoms with Crippen LogP contribution in [0.25, 0.3) is 0 Å². The molecule has 1 saturated carbocycles. The average Bonchev–Trinajstić information content (AvgIpc) is 3.25. The lowest BCUT2D eigenvalue weighted by Crippen LogP contribution is -2.26. The van der Waals surface area contributed by atoms with Crippen LogP contribution < -0.4 is 5.73 Å². The smallest absolute Gasteiger partial charge is 0.0117 e. The zero-order valence-corrected chi connectivity index (χ0v) is 12.6. The highest BCUT2D eigenvalue weighted by Crippen LogP contribution is 2.61. The fraction of sp³-hybridized carbons (Fsp3) is 0.400. The Labute approximate surface area is 127 Å². The summed E-state index contributed by atoms with van der Waals surface area (Å²) in [4.78, 5) is 0. The molecule has 2 N–H and O–H groups in total. The van der Waals surface area contributed by atoms with E-state index in [-0.39, 0.29) is 0 Å². The van der Waals surface area contributed by atoms with Gasteiger partial charge in [-0.15, -0.1) is 0 Å². The van der Waals surface area contributed by atoms with Gasteiger partial charge in [0.25, 0.3) is 0 Å². The molecule has 0 saturated heterocycles. The van der Waals surface area contributed by atoms with Crippen LogP contribution >= 0.6 is 0 Å². The largest absolute Gasteiger partial charge is 0.327 e. The van der Waals surface area contributed by atoms with Crippen molar-refractivity contribution in [3.05, 3.63) is 70.8 Å². The fourth-order valence-corrected chi connectivity index (χ4v) is 4.34. The predicted molar refractivity (Wildman–Crippen MR) is 87.3 cm³/mol. The van der Waals surface area contributed by atoms with Gasteiger partial charge in [-0.3, -0.25) is 0 Å². The zero-order chi connectivity index (χ0) is 14.4. The average molecular weight is 277 g/mol. The standard InChI is InChI=1S/C20H23N/c1-13-6-8-14(9-7-13)12-18(21)20-17-11-10-15-4-2-3-5-16(15)19(17)20/h2-9,17-20H,10-12,21H2,1H3. The molecule has 4 unspecified atom stereocenters. The van der Waals surface area contributed by atoms with E-state index in [9.17, 15) is 0 Å². The van der Waals surface area contributed by atoms with Crippen molar-refractivity contribution in [2.45, 2.75) is 38.1 Å². The highest BCUT2D eigenvalue weighted by atomic mass is 14.7. The molecule has 4 atom stereocenters. The molecule has 0 amide bonds. The molecule has 2 aliphatic rings. The van der Waals surface area contributed by atoms with Crippen LogP contribution in [0, 0.1) is 18.8 Å². The molecule has 2 aliphatic carbocycles. The summed E-state index contributed by atoms with van der Waals surface area (Å²) in [6.07, 6.45) is 3.58. The van der Waals surface area contributed by atoms with Crippen molar-refractivity contribution in [2.75, 3.05) is 0 Å². The molecular weight excluding hydrogens is 254 g/mol. The van der Waals surface area contributed by atoms with Crippen molar-refractivity contribution in [2.24, 2.45) is 17.6 Å². The van der Waals surface area contributed by atoms with Crippen LogP contribution in [0.3, 0.4) is 0 Å². The number of hydrogen-bond acceptors (Lipinski definition) is 1. The van der Waals surface area contributed by atoms with Crippen LogP contribution in [0.15, 0.2) is 48.5 Å². The third-order valence-corrected chi connectivity index (χ3v) is 5.48. The lowest BCUT2D eigenvalue weighted by molar-refractivity contribution is 0.532. The highest BCUT2D eigenvalue weighted by Gasteiger charge is 2.55. The first-order valence-corrected chi connectivity index (χ1v) is 8.13. The van der Waals surface area contributed by atoms with E-state index in [0.29, 0.717) is 12.0 Å². The van der Waals surface area contributed by atoms with Gasteiger partial charge in [-0.2, -0.15) is 0 Å². The van der Waals surface area contributed by atoms with Crippen LogP contribution in [-0.2, 0) is 12.8 Å². The number of nitrogens with two attached hydrogens (primary N) is 1. The summed E-state index contributed by atoms with van der Waals surface area (Å²) in [7, 11) is 0.